The number of aromatic nitrogens is 3. The van der Waals surface area contributed by atoms with Crippen molar-refractivity contribution < 1.29 is 13.2 Å². The average molecular weight is 442 g/mol. The zero-order valence-corrected chi connectivity index (χ0v) is 19.0. The van der Waals surface area contributed by atoms with Gasteiger partial charge in [-0.1, -0.05) is 23.3 Å². The number of rotatable bonds is 7. The first kappa shape index (κ1) is 21.3. The smallest absolute Gasteiger partial charge is 0.322 e. The van der Waals surface area contributed by atoms with Crippen molar-refractivity contribution in [1.29, 1.82) is 0 Å². The van der Waals surface area contributed by atoms with Gasteiger partial charge in [0.05, 0.1) is 10.9 Å². The largest absolute Gasteiger partial charge is 0.424 e. The van der Waals surface area contributed by atoms with Gasteiger partial charge < -0.3 is 10.1 Å². The third-order valence-electron chi connectivity index (χ3n) is 5.41. The summed E-state index contributed by atoms with van der Waals surface area (Å²) in [6.45, 7) is 8.80. The molecule has 9 heteroatoms. The molecule has 1 aliphatic heterocycles. The summed E-state index contributed by atoms with van der Waals surface area (Å²) in [6, 6.07) is 11.0. The Morgan fingerprint density at radius 2 is 2.00 bits per heavy atom. The van der Waals surface area contributed by atoms with Crippen molar-refractivity contribution in [3.63, 3.8) is 0 Å². The van der Waals surface area contributed by atoms with Gasteiger partial charge >= 0.3 is 6.01 Å². The van der Waals surface area contributed by atoms with Gasteiger partial charge in [-0.15, -0.1) is 5.10 Å². The molecule has 31 heavy (non-hydrogen) atoms. The number of nitrogens with zero attached hydrogens (tertiary/aromatic N) is 3. The Kier molecular flexibility index (Phi) is 5.72. The van der Waals surface area contributed by atoms with Gasteiger partial charge in [-0.3, -0.25) is 4.57 Å². The predicted octanol–water partition coefficient (Wildman–Crippen LogP) is 3.71. The molecule has 2 N–H and O–H groups in total. The topological polar surface area (TPSA) is 98.1 Å². The van der Waals surface area contributed by atoms with E-state index in [-0.39, 0.29) is 4.90 Å². The molecule has 0 amide bonds. The Labute approximate surface area is 182 Å². The molecule has 1 aliphatic rings. The summed E-state index contributed by atoms with van der Waals surface area (Å²) in [4.78, 5) is 0.268. The van der Waals surface area contributed by atoms with Gasteiger partial charge in [-0.2, -0.15) is 0 Å². The molecule has 0 radical (unpaired) electrons. The molecule has 2 heterocycles. The standard InChI is InChI=1S/C22H27N5O3S/c1-5-27-21(16(4)26-31(28,29)20-12-14(2)6-7-15(20)3)24-25-22(27)30-18-9-8-17-10-11-23-19(17)13-18/h6-9,12-13,16,23,26H,5,10-11H2,1-4H3/t16-/m1/s1. The van der Waals surface area contributed by atoms with Crippen molar-refractivity contribution in [2.45, 2.75) is 51.6 Å². The van der Waals surface area contributed by atoms with Crippen LogP contribution in [0.4, 0.5) is 5.69 Å². The first-order chi connectivity index (χ1) is 14.8. The van der Waals surface area contributed by atoms with Crippen LogP contribution in [0, 0.1) is 13.8 Å². The third kappa shape index (κ3) is 4.28. The second-order valence-corrected chi connectivity index (χ2v) is 9.48. The van der Waals surface area contributed by atoms with Crippen LogP contribution in [0.3, 0.4) is 0 Å². The number of hydrogen-bond acceptors (Lipinski definition) is 6. The number of nitrogens with one attached hydrogen (secondary N) is 2. The van der Waals surface area contributed by atoms with Gasteiger partial charge in [0.1, 0.15) is 5.75 Å². The van der Waals surface area contributed by atoms with E-state index in [4.69, 9.17) is 4.74 Å². The lowest BCUT2D eigenvalue weighted by Gasteiger charge is -2.16. The minimum atomic E-state index is -3.72. The number of sulfonamides is 1. The summed E-state index contributed by atoms with van der Waals surface area (Å²) in [5, 5.41) is 11.7. The highest BCUT2D eigenvalue weighted by Gasteiger charge is 2.25. The number of aryl methyl sites for hydroxylation is 2. The average Bonchev–Trinajstić information content (AvgIpc) is 3.35. The molecule has 0 unspecified atom stereocenters. The molecule has 0 bridgehead atoms. The van der Waals surface area contributed by atoms with Crippen LogP contribution in [0.15, 0.2) is 41.3 Å². The molecular formula is C22H27N5O3S. The number of hydrogen-bond donors (Lipinski definition) is 2. The maximum Gasteiger partial charge on any atom is 0.322 e. The molecule has 2 aromatic carbocycles. The lowest BCUT2D eigenvalue weighted by molar-refractivity contribution is 0.408. The lowest BCUT2D eigenvalue weighted by atomic mass is 10.2. The van der Waals surface area contributed by atoms with Crippen LogP contribution >= 0.6 is 0 Å². The van der Waals surface area contributed by atoms with Crippen molar-refractivity contribution >= 4 is 15.7 Å². The maximum atomic E-state index is 13.0. The van der Waals surface area contributed by atoms with Crippen LogP contribution in [-0.4, -0.2) is 29.7 Å². The van der Waals surface area contributed by atoms with Crippen molar-refractivity contribution in [3.8, 4) is 11.8 Å². The molecule has 4 rings (SSSR count). The lowest BCUT2D eigenvalue weighted by Crippen LogP contribution is -2.29. The maximum absolute atomic E-state index is 13.0. The van der Waals surface area contributed by atoms with Crippen LogP contribution in [-0.2, 0) is 23.0 Å². The molecule has 1 aromatic heterocycles. The number of benzene rings is 2. The fraction of sp³-hybridized carbons (Fsp3) is 0.364. The minimum Gasteiger partial charge on any atom is -0.424 e. The van der Waals surface area contributed by atoms with Crippen LogP contribution in [0.5, 0.6) is 11.8 Å². The second-order valence-electron chi connectivity index (χ2n) is 7.79. The van der Waals surface area contributed by atoms with E-state index in [0.29, 0.717) is 29.7 Å². The summed E-state index contributed by atoms with van der Waals surface area (Å²) in [5.74, 6) is 1.15. The molecule has 3 aromatic rings. The van der Waals surface area contributed by atoms with Gasteiger partial charge in [0.15, 0.2) is 5.82 Å². The molecule has 0 saturated heterocycles. The van der Waals surface area contributed by atoms with Gasteiger partial charge in [0, 0.05) is 24.8 Å². The fourth-order valence-corrected chi connectivity index (χ4v) is 5.31. The molecule has 8 nitrogen and oxygen atoms in total. The van der Waals surface area contributed by atoms with Crippen molar-refractivity contribution in [1.82, 2.24) is 19.5 Å². The quantitative estimate of drug-likeness (QED) is 0.580. The highest BCUT2D eigenvalue weighted by molar-refractivity contribution is 7.89. The van der Waals surface area contributed by atoms with Crippen molar-refractivity contribution in [3.05, 3.63) is 58.9 Å². The van der Waals surface area contributed by atoms with Crippen molar-refractivity contribution in [2.24, 2.45) is 0 Å². The van der Waals surface area contributed by atoms with E-state index in [1.54, 1.807) is 30.5 Å². The van der Waals surface area contributed by atoms with E-state index in [0.717, 1.165) is 24.2 Å². The summed E-state index contributed by atoms with van der Waals surface area (Å²) in [7, 11) is -3.72. The summed E-state index contributed by atoms with van der Waals surface area (Å²) in [5.41, 5.74) is 3.90. The second kappa shape index (κ2) is 8.32. The summed E-state index contributed by atoms with van der Waals surface area (Å²) in [6.07, 6.45) is 1.00. The minimum absolute atomic E-state index is 0.268. The van der Waals surface area contributed by atoms with E-state index >= 15 is 0 Å². The van der Waals surface area contributed by atoms with Crippen LogP contribution in [0.25, 0.3) is 0 Å². The van der Waals surface area contributed by atoms with E-state index < -0.39 is 16.1 Å². The Bertz CT molecular complexity index is 1220. The number of fused-ring (bicyclic) bond motifs is 1. The van der Waals surface area contributed by atoms with E-state index in [9.17, 15) is 8.42 Å². The third-order valence-corrected chi connectivity index (χ3v) is 7.10. The summed E-state index contributed by atoms with van der Waals surface area (Å²) < 4.78 is 36.5. The highest BCUT2D eigenvalue weighted by Crippen LogP contribution is 2.30. The highest BCUT2D eigenvalue weighted by atomic mass is 32.2. The molecular weight excluding hydrogens is 414 g/mol. The first-order valence-corrected chi connectivity index (χ1v) is 11.8. The zero-order valence-electron chi connectivity index (χ0n) is 18.1. The Morgan fingerprint density at radius 1 is 1.19 bits per heavy atom. The molecule has 164 valence electrons. The fourth-order valence-electron chi connectivity index (χ4n) is 3.78. The molecule has 0 spiro atoms. The Morgan fingerprint density at radius 3 is 2.77 bits per heavy atom. The molecule has 0 saturated carbocycles. The van der Waals surface area contributed by atoms with Gasteiger partial charge in [-0.25, -0.2) is 13.1 Å². The van der Waals surface area contributed by atoms with Crippen LogP contribution in [0.2, 0.25) is 0 Å². The van der Waals surface area contributed by atoms with Gasteiger partial charge in [0.25, 0.3) is 0 Å². The SMILES string of the molecule is CCn1c(Oc2ccc3c(c2)NCC3)nnc1[C@@H](C)NS(=O)(=O)c1cc(C)ccc1C. The van der Waals surface area contributed by atoms with E-state index in [2.05, 4.69) is 20.2 Å². The normalized spacial score (nSPS) is 14.2. The Hall–Kier alpha value is -2.91. The van der Waals surface area contributed by atoms with Crippen LogP contribution < -0.4 is 14.8 Å². The van der Waals surface area contributed by atoms with Crippen molar-refractivity contribution in [2.75, 3.05) is 11.9 Å². The van der Waals surface area contributed by atoms with Gasteiger partial charge in [-0.05, 0) is 62.9 Å². The van der Waals surface area contributed by atoms with Gasteiger partial charge in [0.2, 0.25) is 10.0 Å². The number of anilines is 1. The monoisotopic (exact) mass is 441 g/mol. The molecule has 0 aliphatic carbocycles. The Balaban J connectivity index is 1.57. The summed E-state index contributed by atoms with van der Waals surface area (Å²) >= 11 is 0. The number of ether oxygens (including phenoxy) is 1. The molecule has 0 fully saturated rings. The predicted molar refractivity (Wildman–Crippen MR) is 119 cm³/mol. The molecule has 1 atom stereocenters. The van der Waals surface area contributed by atoms with E-state index in [1.807, 2.05) is 38.1 Å². The zero-order chi connectivity index (χ0) is 22.2. The first-order valence-electron chi connectivity index (χ1n) is 10.4. The van der Waals surface area contributed by atoms with E-state index in [1.165, 1.54) is 5.56 Å². The van der Waals surface area contributed by atoms with Crippen LogP contribution in [0.1, 0.15) is 42.4 Å².